The molecular formula is C54H72N2O14+2. The molecule has 16 heteroatoms. The van der Waals surface area contributed by atoms with Gasteiger partial charge in [-0.25, -0.2) is 9.59 Å². The number of esters is 2. The lowest BCUT2D eigenvalue weighted by atomic mass is 9.86. The molecule has 2 aliphatic heterocycles. The number of hydrogen-bond acceptors (Lipinski definition) is 14. The number of carbonyl (C=O) groups is 2. The van der Waals surface area contributed by atoms with Crippen molar-refractivity contribution in [2.45, 2.75) is 50.6 Å². The van der Waals surface area contributed by atoms with E-state index in [1.165, 1.54) is 11.1 Å². The molecule has 0 bridgehead atoms. The molecule has 0 saturated heterocycles. The van der Waals surface area contributed by atoms with Crippen LogP contribution in [0.5, 0.6) is 57.5 Å². The number of methoxy groups -OCH3 is 10. The monoisotopic (exact) mass is 972 g/mol. The van der Waals surface area contributed by atoms with E-state index in [4.69, 9.17) is 56.8 Å². The molecule has 0 aromatic heterocycles. The van der Waals surface area contributed by atoms with Crippen LogP contribution in [-0.2, 0) is 44.7 Å². The summed E-state index contributed by atoms with van der Waals surface area (Å²) in [5.74, 6) is 4.88. The van der Waals surface area contributed by atoms with Gasteiger partial charge in [-0.1, -0.05) is 0 Å². The minimum atomic E-state index is -0.610. The lowest BCUT2D eigenvalue weighted by molar-refractivity contribution is -0.941. The first-order valence-corrected chi connectivity index (χ1v) is 23.5. The lowest BCUT2D eigenvalue weighted by Crippen LogP contribution is -2.52. The third kappa shape index (κ3) is 11.7. The van der Waals surface area contributed by atoms with Gasteiger partial charge in [0.05, 0.1) is 125 Å². The van der Waals surface area contributed by atoms with Gasteiger partial charge in [0, 0.05) is 61.8 Å². The Bertz CT molecular complexity index is 2270. The Kier molecular flexibility index (Phi) is 18.0. The Hall–Kier alpha value is -6.52. The summed E-state index contributed by atoms with van der Waals surface area (Å²) in [7, 11) is 20.7. The third-order valence-electron chi connectivity index (χ3n) is 14.1. The molecule has 6 rings (SSSR count). The van der Waals surface area contributed by atoms with Gasteiger partial charge in [0.25, 0.3) is 0 Å². The predicted octanol–water partition coefficient (Wildman–Crippen LogP) is 7.47. The molecule has 0 spiro atoms. The van der Waals surface area contributed by atoms with Crippen LogP contribution in [-0.4, -0.2) is 145 Å². The summed E-state index contributed by atoms with van der Waals surface area (Å²) >= 11 is 0. The van der Waals surface area contributed by atoms with Crippen molar-refractivity contribution >= 4 is 11.9 Å². The molecule has 0 N–H and O–H groups in total. The van der Waals surface area contributed by atoms with E-state index < -0.39 is 11.9 Å². The van der Waals surface area contributed by atoms with E-state index >= 15 is 0 Å². The van der Waals surface area contributed by atoms with Crippen LogP contribution >= 0.6 is 0 Å². The summed E-state index contributed by atoms with van der Waals surface area (Å²) in [6.07, 6.45) is 6.43. The van der Waals surface area contributed by atoms with E-state index in [1.54, 1.807) is 71.1 Å². The molecule has 0 saturated carbocycles. The first kappa shape index (κ1) is 52.8. The van der Waals surface area contributed by atoms with Crippen molar-refractivity contribution in [3.63, 3.8) is 0 Å². The molecule has 4 aromatic rings. The van der Waals surface area contributed by atoms with Crippen LogP contribution in [0.25, 0.3) is 0 Å². The quantitative estimate of drug-likeness (QED) is 0.0296. The highest BCUT2D eigenvalue weighted by atomic mass is 16.6. The van der Waals surface area contributed by atoms with Gasteiger partial charge in [0.2, 0.25) is 11.5 Å². The van der Waals surface area contributed by atoms with Gasteiger partial charge >= 0.3 is 11.9 Å². The van der Waals surface area contributed by atoms with Crippen molar-refractivity contribution in [1.29, 1.82) is 0 Å². The lowest BCUT2D eigenvalue weighted by Gasteiger charge is -2.46. The van der Waals surface area contributed by atoms with Gasteiger partial charge in [-0.3, -0.25) is 0 Å². The molecule has 4 atom stereocenters. The smallest absolute Gasteiger partial charge is 0.331 e. The first-order valence-electron chi connectivity index (χ1n) is 23.5. The number of hydrogen-bond donors (Lipinski definition) is 0. The fourth-order valence-corrected chi connectivity index (χ4v) is 10.2. The number of likely N-dealkylation sites (N-methyl/N-ethyl adjacent to an activating group) is 2. The maximum atomic E-state index is 12.9. The number of quaternary nitrogens is 2. The SMILES string of the molecule is COc1cc2c(cc1OC)[C@@H](Cc1cc(OC)c(OC)c(OC)c1)[N+](C)(CCCOC(=O)C=CC(=O)OCCC[N@+]1(C)CCc3cc(OC)c(OC)cc3[C@H]1Cc1cc(OC)c(OC)c(OC)c1)CC2. The van der Waals surface area contributed by atoms with Crippen molar-refractivity contribution in [1.82, 2.24) is 0 Å². The van der Waals surface area contributed by atoms with Gasteiger partial charge in [0.1, 0.15) is 12.1 Å². The first-order chi connectivity index (χ1) is 33.7. The standard InChI is InChI=1S/C54H72N2O14/c1-55(21-17-37-31-43(59-3)45(61-5)33-39(37)41(55)25-35-27-47(63-7)53(67-11)48(28-35)64-8)19-13-23-69-51(57)15-16-52(58)70-24-14-20-56(2)22-18-38-32-44(60-4)46(62-6)34-40(38)42(56)26-36-29-49(65-9)54(68-12)50(30-36)66-10/h15-16,27-34,41-42H,13-14,17-26H2,1-12H3/q+2/t41-,42-,55-,56?/m1/s1. The number of benzene rings is 4. The number of ether oxygens (including phenoxy) is 12. The minimum absolute atomic E-state index is 0.00671. The molecule has 70 heavy (non-hydrogen) atoms. The molecule has 0 radical (unpaired) electrons. The molecule has 16 nitrogen and oxygen atoms in total. The second kappa shape index (κ2) is 23.9. The number of carbonyl (C=O) groups excluding carboxylic acids is 2. The Labute approximate surface area is 412 Å². The van der Waals surface area contributed by atoms with Gasteiger partial charge in [-0.2, -0.15) is 0 Å². The molecular weight excluding hydrogens is 901 g/mol. The Morgan fingerprint density at radius 3 is 1.07 bits per heavy atom. The minimum Gasteiger partial charge on any atom is -0.493 e. The second-order valence-corrected chi connectivity index (χ2v) is 18.0. The molecule has 0 aliphatic carbocycles. The van der Waals surface area contributed by atoms with Gasteiger partial charge < -0.3 is 65.8 Å². The summed E-state index contributed by atoms with van der Waals surface area (Å²) in [5, 5.41) is 0. The van der Waals surface area contributed by atoms with Gasteiger partial charge in [-0.05, 0) is 70.8 Å². The maximum Gasteiger partial charge on any atom is 0.331 e. The second-order valence-electron chi connectivity index (χ2n) is 18.0. The predicted molar refractivity (Wildman–Crippen MR) is 264 cm³/mol. The Balaban J connectivity index is 1.07. The molecule has 4 aromatic carbocycles. The summed E-state index contributed by atoms with van der Waals surface area (Å²) in [5.41, 5.74) is 6.74. The van der Waals surface area contributed by atoms with Crippen LogP contribution in [0.1, 0.15) is 58.3 Å². The Morgan fingerprint density at radius 1 is 0.457 bits per heavy atom. The number of fused-ring (bicyclic) bond motifs is 2. The zero-order chi connectivity index (χ0) is 50.6. The summed E-state index contributed by atoms with van der Waals surface area (Å²) < 4.78 is 69.4. The van der Waals surface area contributed by atoms with E-state index in [1.807, 2.05) is 24.3 Å². The fraction of sp³-hybridized carbons (Fsp3) is 0.481. The highest BCUT2D eigenvalue weighted by molar-refractivity contribution is 5.91. The number of rotatable bonds is 24. The van der Waals surface area contributed by atoms with E-state index in [0.717, 1.165) is 73.4 Å². The van der Waals surface area contributed by atoms with Crippen LogP contribution in [0.3, 0.4) is 0 Å². The van der Waals surface area contributed by atoms with Crippen LogP contribution in [0.15, 0.2) is 60.7 Å². The van der Waals surface area contributed by atoms with Crippen LogP contribution in [0.2, 0.25) is 0 Å². The number of nitrogens with zero attached hydrogens (tertiary/aromatic N) is 2. The van der Waals surface area contributed by atoms with E-state index in [0.29, 0.717) is 92.1 Å². The average Bonchev–Trinajstić information content (AvgIpc) is 3.38. The zero-order valence-electron chi connectivity index (χ0n) is 43.0. The third-order valence-corrected chi connectivity index (χ3v) is 14.1. The summed E-state index contributed by atoms with van der Waals surface area (Å²) in [6.45, 7) is 3.49. The average molecular weight is 973 g/mol. The van der Waals surface area contributed by atoms with Crippen LogP contribution in [0, 0.1) is 0 Å². The molecule has 0 fully saturated rings. The van der Waals surface area contributed by atoms with E-state index in [-0.39, 0.29) is 25.3 Å². The van der Waals surface area contributed by atoms with Crippen molar-refractivity contribution in [3.8, 4) is 57.5 Å². The van der Waals surface area contributed by atoms with Crippen molar-refractivity contribution in [2.24, 2.45) is 0 Å². The largest absolute Gasteiger partial charge is 0.493 e. The molecule has 1 unspecified atom stereocenters. The van der Waals surface area contributed by atoms with Gasteiger partial charge in [-0.15, -0.1) is 0 Å². The normalized spacial score (nSPS) is 19.3. The topological polar surface area (TPSA) is 145 Å². The van der Waals surface area contributed by atoms with Crippen molar-refractivity contribution < 1.29 is 75.4 Å². The van der Waals surface area contributed by atoms with Crippen LogP contribution < -0.4 is 47.4 Å². The molecule has 2 heterocycles. The summed E-state index contributed by atoms with van der Waals surface area (Å²) in [6, 6.07) is 16.3. The molecule has 2 aliphatic rings. The van der Waals surface area contributed by atoms with Crippen molar-refractivity contribution in [2.75, 3.05) is 125 Å². The Morgan fingerprint density at radius 2 is 0.771 bits per heavy atom. The highest BCUT2D eigenvalue weighted by Gasteiger charge is 2.42. The fourth-order valence-electron chi connectivity index (χ4n) is 10.2. The summed E-state index contributed by atoms with van der Waals surface area (Å²) in [4.78, 5) is 25.8. The van der Waals surface area contributed by atoms with Crippen molar-refractivity contribution in [3.05, 3.63) is 94.1 Å². The maximum absolute atomic E-state index is 12.9. The van der Waals surface area contributed by atoms with E-state index in [2.05, 4.69) is 38.4 Å². The zero-order valence-corrected chi connectivity index (χ0v) is 43.0. The van der Waals surface area contributed by atoms with E-state index in [9.17, 15) is 9.59 Å². The molecule has 0 amide bonds. The highest BCUT2D eigenvalue weighted by Crippen LogP contribution is 2.47. The van der Waals surface area contributed by atoms with Crippen LogP contribution in [0.4, 0.5) is 0 Å². The van der Waals surface area contributed by atoms with Gasteiger partial charge in [0.15, 0.2) is 46.0 Å². The molecule has 380 valence electrons.